The van der Waals surface area contributed by atoms with Gasteiger partial charge in [-0.3, -0.25) is 4.99 Å². The maximum absolute atomic E-state index is 10.8. The van der Waals surface area contributed by atoms with Gasteiger partial charge in [-0.2, -0.15) is 0 Å². The van der Waals surface area contributed by atoms with E-state index < -0.39 is 109 Å². The predicted octanol–water partition coefficient (Wildman–Crippen LogP) is 3.19. The van der Waals surface area contributed by atoms with Gasteiger partial charge in [0.1, 0.15) is 6.10 Å². The molecule has 0 heterocycles. The van der Waals surface area contributed by atoms with E-state index in [9.17, 15) is 81.4 Å². The molecule has 0 aromatic heterocycles. The molecular formula is C63H103N3O17. The number of aliphatic imine (C=N–C) groups is 1. The number of allylic oxidation sites excluding steroid dienone is 16. The molecular weight excluding hydrogens is 1070 g/mol. The van der Waals surface area contributed by atoms with Gasteiger partial charge in [-0.15, -0.1) is 0 Å². The Bertz CT molecular complexity index is 2110. The molecule has 0 aliphatic carbocycles. The number of aliphatic carboxylic acids is 1. The Morgan fingerprint density at radius 2 is 0.892 bits per heavy atom. The number of unbranched alkanes of at least 4 members (excludes halogenated alkanes) is 1. The van der Waals surface area contributed by atoms with Crippen LogP contribution in [0.25, 0.3) is 0 Å². The van der Waals surface area contributed by atoms with Crippen LogP contribution in [-0.4, -0.2) is 192 Å². The zero-order valence-corrected chi connectivity index (χ0v) is 48.9. The average Bonchev–Trinajstić information content (AvgIpc) is 3.42. The summed E-state index contributed by atoms with van der Waals surface area (Å²) < 4.78 is 0. The summed E-state index contributed by atoms with van der Waals surface area (Å²) in [7, 11) is 0. The molecule has 0 saturated heterocycles. The lowest BCUT2D eigenvalue weighted by atomic mass is 9.88. The third-order valence-electron chi connectivity index (χ3n) is 13.6. The molecule has 20 nitrogen and oxygen atoms in total. The zero-order chi connectivity index (χ0) is 62.7. The molecule has 0 spiro atoms. The van der Waals surface area contributed by atoms with Crippen molar-refractivity contribution in [3.8, 4) is 0 Å². The largest absolute Gasteiger partial charge is 0.478 e. The maximum Gasteiger partial charge on any atom is 0.331 e. The molecule has 83 heavy (non-hydrogen) atoms. The van der Waals surface area contributed by atoms with Gasteiger partial charge in [-0.05, 0) is 71.1 Å². The smallest absolute Gasteiger partial charge is 0.331 e. The highest BCUT2D eigenvalue weighted by molar-refractivity contribution is 5.86. The minimum Gasteiger partial charge on any atom is -0.478 e. The number of carboxylic acids is 1. The van der Waals surface area contributed by atoms with Gasteiger partial charge < -0.3 is 93.2 Å². The van der Waals surface area contributed by atoms with Crippen molar-refractivity contribution in [1.82, 2.24) is 0 Å². The summed E-state index contributed by atoms with van der Waals surface area (Å²) in [5.74, 6) is -2.16. The second-order valence-corrected chi connectivity index (χ2v) is 21.4. The van der Waals surface area contributed by atoms with Gasteiger partial charge in [-0.25, -0.2) is 4.79 Å². The third-order valence-corrected chi connectivity index (χ3v) is 13.6. The lowest BCUT2D eigenvalue weighted by molar-refractivity contribution is -0.132. The standard InChI is InChI=1S/C63H103N3O17/c1-43(26-19-15-11-10-12-16-20-27-44(2)62(82)83)60(80)46(4)56(76)34-22-18-14-9-7-5-6-8-13-17-21-33-55(75)45(3)57(77)41-53(73)38-49(69)29-23-28-47(67)36-52(72)37-48(68)30-24-31-51(71)40-58(78)61(81)59(79)42-54(74)39-50(70)32-25-35-66-63(64)65/h5-10,12-14,16-24,26-27,29-30,34,43,45-61,67-81H,11,15,25,28,31-33,35-42H2,1-4H3,(H,82,83)(H4,64,65,66). The van der Waals surface area contributed by atoms with Crippen LogP contribution in [0.5, 0.6) is 0 Å². The summed E-state index contributed by atoms with van der Waals surface area (Å²) in [5, 5.41) is 165. The van der Waals surface area contributed by atoms with Gasteiger partial charge in [-0.1, -0.05) is 161 Å². The SMILES string of the molecule is CC(=CC=CC=CCCC=CC(C)C(O)C(C)C(O)C=CC=CC=CC=CC=CC=CCC(O)C(C)C(O)CC(O)CC(O)C=CCC(O)CC(O)CC(O)C=CCC(O)CC(O)C(O)C(O)CC(O)CC(O)CCCN=C(N)N)C(=O)O. The molecule has 0 bridgehead atoms. The Kier molecular flexibility index (Phi) is 44.4. The highest BCUT2D eigenvalue weighted by Gasteiger charge is 2.30. The summed E-state index contributed by atoms with van der Waals surface area (Å²) in [6, 6.07) is 0. The number of hydrogen-bond donors (Lipinski definition) is 18. The first-order valence-electron chi connectivity index (χ1n) is 28.7. The van der Waals surface area contributed by atoms with Gasteiger partial charge >= 0.3 is 5.97 Å². The van der Waals surface area contributed by atoms with E-state index in [1.165, 1.54) is 37.3 Å². The van der Waals surface area contributed by atoms with E-state index >= 15 is 0 Å². The predicted molar refractivity (Wildman–Crippen MR) is 325 cm³/mol. The second kappa shape index (κ2) is 47.3. The lowest BCUT2D eigenvalue weighted by Gasteiger charge is -2.26. The summed E-state index contributed by atoms with van der Waals surface area (Å²) in [6.45, 7) is 7.19. The van der Waals surface area contributed by atoms with Crippen LogP contribution in [0.4, 0.5) is 0 Å². The van der Waals surface area contributed by atoms with E-state index in [4.69, 9.17) is 16.6 Å². The third kappa shape index (κ3) is 41.6. The Morgan fingerprint density at radius 3 is 1.46 bits per heavy atom. The number of guanidine groups is 1. The van der Waals surface area contributed by atoms with Gasteiger partial charge in [0.15, 0.2) is 5.96 Å². The van der Waals surface area contributed by atoms with Gasteiger partial charge in [0.05, 0.1) is 85.5 Å². The number of rotatable bonds is 46. The molecule has 20 heteroatoms. The number of aliphatic hydroxyl groups is 15. The molecule has 0 aromatic carbocycles. The molecule has 20 N–H and O–H groups in total. The molecule has 0 amide bonds. The Hall–Kier alpha value is -4.98. The number of carboxylic acid groups (broad SMARTS) is 1. The number of hydrogen-bond acceptors (Lipinski definition) is 17. The fraction of sp³-hybridized carbons (Fsp3) is 0.587. The minimum atomic E-state index is -1.70. The van der Waals surface area contributed by atoms with E-state index in [0.29, 0.717) is 19.4 Å². The lowest BCUT2D eigenvalue weighted by Crippen LogP contribution is -2.41. The van der Waals surface area contributed by atoms with E-state index in [1.807, 2.05) is 55.5 Å². The quantitative estimate of drug-likeness (QED) is 0.0104. The second-order valence-electron chi connectivity index (χ2n) is 21.4. The van der Waals surface area contributed by atoms with Crippen LogP contribution in [0.3, 0.4) is 0 Å². The molecule has 0 fully saturated rings. The van der Waals surface area contributed by atoms with Crippen molar-refractivity contribution < 1.29 is 86.5 Å². The van der Waals surface area contributed by atoms with Crippen LogP contribution in [0.1, 0.15) is 118 Å². The van der Waals surface area contributed by atoms with Gasteiger partial charge in [0, 0.05) is 55.6 Å². The molecule has 18 unspecified atom stereocenters. The van der Waals surface area contributed by atoms with E-state index in [1.54, 1.807) is 74.6 Å². The number of nitrogens with two attached hydrogens (primary N) is 2. The Morgan fingerprint density at radius 1 is 0.434 bits per heavy atom. The van der Waals surface area contributed by atoms with E-state index in [-0.39, 0.29) is 81.7 Å². The van der Waals surface area contributed by atoms with Crippen molar-refractivity contribution in [1.29, 1.82) is 0 Å². The fourth-order valence-corrected chi connectivity index (χ4v) is 8.29. The fourth-order valence-electron chi connectivity index (χ4n) is 8.29. The van der Waals surface area contributed by atoms with Crippen molar-refractivity contribution in [2.24, 2.45) is 34.2 Å². The molecule has 0 aliphatic rings. The average molecular weight is 1170 g/mol. The summed E-state index contributed by atoms with van der Waals surface area (Å²) in [4.78, 5) is 14.6. The van der Waals surface area contributed by atoms with Crippen molar-refractivity contribution in [2.75, 3.05) is 6.54 Å². The summed E-state index contributed by atoms with van der Waals surface area (Å²) in [5.41, 5.74) is 10.8. The normalized spacial score (nSPS) is 20.1. The monoisotopic (exact) mass is 1170 g/mol. The molecule has 0 radical (unpaired) electrons. The van der Waals surface area contributed by atoms with Gasteiger partial charge in [0.25, 0.3) is 0 Å². The first kappa shape index (κ1) is 78.0. The van der Waals surface area contributed by atoms with Crippen molar-refractivity contribution in [2.45, 2.75) is 209 Å². The van der Waals surface area contributed by atoms with Crippen molar-refractivity contribution >= 4 is 11.9 Å². The Balaban J connectivity index is 4.53. The Labute approximate surface area is 492 Å². The van der Waals surface area contributed by atoms with Crippen LogP contribution >= 0.6 is 0 Å². The van der Waals surface area contributed by atoms with Crippen molar-refractivity contribution in [3.05, 3.63) is 145 Å². The molecule has 472 valence electrons. The summed E-state index contributed by atoms with van der Waals surface area (Å²) >= 11 is 0. The van der Waals surface area contributed by atoms with Crippen LogP contribution < -0.4 is 11.5 Å². The highest BCUT2D eigenvalue weighted by atomic mass is 16.4. The zero-order valence-electron chi connectivity index (χ0n) is 48.9. The number of aliphatic hydroxyl groups excluding tert-OH is 15. The molecule has 0 saturated carbocycles. The highest BCUT2D eigenvalue weighted by Crippen LogP contribution is 2.22. The first-order chi connectivity index (χ1) is 39.2. The first-order valence-corrected chi connectivity index (χ1v) is 28.7. The van der Waals surface area contributed by atoms with Crippen molar-refractivity contribution in [3.63, 3.8) is 0 Å². The van der Waals surface area contributed by atoms with Crippen LogP contribution in [-0.2, 0) is 4.79 Å². The molecule has 0 rings (SSSR count). The van der Waals surface area contributed by atoms with Crippen LogP contribution in [0.15, 0.2) is 150 Å². The summed E-state index contributed by atoms with van der Waals surface area (Å²) in [6.07, 6.45) is 24.0. The van der Waals surface area contributed by atoms with E-state index in [0.717, 1.165) is 12.8 Å². The van der Waals surface area contributed by atoms with Crippen LogP contribution in [0.2, 0.25) is 0 Å². The maximum atomic E-state index is 10.8. The van der Waals surface area contributed by atoms with Gasteiger partial charge in [0.2, 0.25) is 0 Å². The number of carbonyl (C=O) groups is 1. The molecule has 0 aromatic rings. The van der Waals surface area contributed by atoms with E-state index in [2.05, 4.69) is 4.99 Å². The topological polar surface area (TPSA) is 405 Å². The van der Waals surface area contributed by atoms with Crippen LogP contribution in [0, 0.1) is 17.8 Å². The minimum absolute atomic E-state index is 0.0466. The molecule has 0 aliphatic heterocycles. The molecule has 18 atom stereocenters. The number of nitrogens with zero attached hydrogens (tertiary/aromatic N) is 1.